The van der Waals surface area contributed by atoms with E-state index >= 15 is 0 Å². The van der Waals surface area contributed by atoms with Crippen LogP contribution >= 0.6 is 35.8 Å². The Bertz CT molecular complexity index is 1190. The molecule has 9 heteroatoms. The van der Waals surface area contributed by atoms with E-state index in [0.717, 1.165) is 27.5 Å². The molecule has 0 atom stereocenters. The molecule has 0 radical (unpaired) electrons. The summed E-state index contributed by atoms with van der Waals surface area (Å²) in [6, 6.07) is 17.4. The smallest absolute Gasteiger partial charge is 0.176 e. The number of thiocarbonyl (C=S) groups is 1. The molecule has 2 aromatic heterocycles. The van der Waals surface area contributed by atoms with Crippen LogP contribution in [0.2, 0.25) is 0 Å². The summed E-state index contributed by atoms with van der Waals surface area (Å²) in [6.45, 7) is 0. The molecule has 0 aliphatic rings. The van der Waals surface area contributed by atoms with Crippen LogP contribution in [0.3, 0.4) is 0 Å². The van der Waals surface area contributed by atoms with Crippen molar-refractivity contribution >= 4 is 62.7 Å². The maximum Gasteiger partial charge on any atom is 0.176 e. The number of hydrogen-bond acceptors (Lipinski definition) is 6. The van der Waals surface area contributed by atoms with Gasteiger partial charge in [-0.15, -0.1) is 0 Å². The van der Waals surface area contributed by atoms with E-state index in [-0.39, 0.29) is 0 Å². The molecule has 0 saturated heterocycles. The lowest BCUT2D eigenvalue weighted by Crippen LogP contribution is -2.19. The minimum Gasteiger partial charge on any atom is -0.497 e. The second-order valence-corrected chi connectivity index (χ2v) is 7.77. The number of anilines is 2. The van der Waals surface area contributed by atoms with Crippen LogP contribution in [0.15, 0.2) is 60.9 Å². The second kappa shape index (κ2) is 8.01. The Hall–Kier alpha value is -2.88. The van der Waals surface area contributed by atoms with Gasteiger partial charge in [0.2, 0.25) is 0 Å². The Morgan fingerprint density at radius 2 is 1.79 bits per heavy atom. The fourth-order valence-corrected chi connectivity index (χ4v) is 4.23. The fraction of sp³-hybridized carbons (Fsp3) is 0.0526. The molecule has 0 unspecified atom stereocenters. The third-order valence-electron chi connectivity index (χ3n) is 3.96. The van der Waals surface area contributed by atoms with Crippen molar-refractivity contribution in [1.29, 1.82) is 0 Å². The van der Waals surface area contributed by atoms with Gasteiger partial charge in [-0.25, -0.2) is 9.97 Å². The first-order chi connectivity index (χ1) is 13.7. The third kappa shape index (κ3) is 3.72. The van der Waals surface area contributed by atoms with Gasteiger partial charge in [0.25, 0.3) is 0 Å². The zero-order chi connectivity index (χ0) is 19.5. The third-order valence-corrected chi connectivity index (χ3v) is 5.54. The molecule has 0 aliphatic carbocycles. The van der Waals surface area contributed by atoms with Gasteiger partial charge in [-0.2, -0.15) is 0 Å². The van der Waals surface area contributed by atoms with Crippen molar-refractivity contribution in [2.75, 3.05) is 17.7 Å². The molecule has 140 valence electrons. The van der Waals surface area contributed by atoms with Gasteiger partial charge in [-0.05, 0) is 60.8 Å². The largest absolute Gasteiger partial charge is 0.497 e. The van der Waals surface area contributed by atoms with Gasteiger partial charge in [0.05, 0.1) is 7.11 Å². The SMILES string of the molecule is COc1ccc(NC(=S)Nc2ncnc3c2sc(=S)n3-c2ccccc2)cc1. The lowest BCUT2D eigenvalue weighted by Gasteiger charge is -2.11. The Morgan fingerprint density at radius 1 is 1.04 bits per heavy atom. The Kier molecular flexibility index (Phi) is 5.29. The zero-order valence-electron chi connectivity index (χ0n) is 14.7. The number of benzene rings is 2. The van der Waals surface area contributed by atoms with E-state index in [2.05, 4.69) is 20.6 Å². The highest BCUT2D eigenvalue weighted by atomic mass is 32.1. The van der Waals surface area contributed by atoms with Crippen LogP contribution < -0.4 is 15.4 Å². The van der Waals surface area contributed by atoms with Crippen LogP contribution in [-0.4, -0.2) is 26.8 Å². The normalized spacial score (nSPS) is 10.6. The monoisotopic (exact) mass is 425 g/mol. The average Bonchev–Trinajstić information content (AvgIpc) is 3.06. The number of para-hydroxylation sites is 1. The number of aromatic nitrogens is 3. The highest BCUT2D eigenvalue weighted by molar-refractivity contribution is 7.80. The quantitative estimate of drug-likeness (QED) is 0.445. The highest BCUT2D eigenvalue weighted by Crippen LogP contribution is 2.29. The first-order valence-corrected chi connectivity index (χ1v) is 9.93. The van der Waals surface area contributed by atoms with Crippen LogP contribution in [0.1, 0.15) is 0 Å². The molecule has 2 heterocycles. The summed E-state index contributed by atoms with van der Waals surface area (Å²) in [4.78, 5) is 8.77. The Morgan fingerprint density at radius 3 is 2.50 bits per heavy atom. The van der Waals surface area contributed by atoms with E-state index in [1.807, 2.05) is 59.2 Å². The number of fused-ring (bicyclic) bond motifs is 1. The van der Waals surface area contributed by atoms with E-state index in [9.17, 15) is 0 Å². The van der Waals surface area contributed by atoms with E-state index in [0.29, 0.717) is 14.9 Å². The molecule has 0 aliphatic heterocycles. The molecule has 4 rings (SSSR count). The average molecular weight is 426 g/mol. The van der Waals surface area contributed by atoms with Gasteiger partial charge in [-0.3, -0.25) is 4.57 Å². The van der Waals surface area contributed by atoms with Crippen molar-refractivity contribution in [3.05, 3.63) is 64.9 Å². The van der Waals surface area contributed by atoms with Crippen LogP contribution in [-0.2, 0) is 0 Å². The van der Waals surface area contributed by atoms with E-state index in [4.69, 9.17) is 29.2 Å². The maximum absolute atomic E-state index is 5.56. The number of thiazole rings is 1. The standard InChI is InChI=1S/C19H15N5OS3/c1-25-14-9-7-12(8-10-14)22-18(26)23-16-15-17(21-11-20-16)24(19(27)28-15)13-5-3-2-4-6-13/h2-11H,1H3,(H2,20,21,22,23,26). The van der Waals surface area contributed by atoms with E-state index < -0.39 is 0 Å². The molecule has 0 amide bonds. The predicted molar refractivity (Wildman–Crippen MR) is 120 cm³/mol. The maximum atomic E-state index is 5.56. The number of rotatable bonds is 4. The molecular formula is C19H15N5OS3. The van der Waals surface area contributed by atoms with Crippen molar-refractivity contribution in [2.24, 2.45) is 0 Å². The molecule has 28 heavy (non-hydrogen) atoms. The van der Waals surface area contributed by atoms with Gasteiger partial charge in [0, 0.05) is 11.4 Å². The van der Waals surface area contributed by atoms with Gasteiger partial charge >= 0.3 is 0 Å². The van der Waals surface area contributed by atoms with Gasteiger partial charge in [0.1, 0.15) is 16.8 Å². The lowest BCUT2D eigenvalue weighted by atomic mass is 10.3. The summed E-state index contributed by atoms with van der Waals surface area (Å²) in [5, 5.41) is 6.71. The Balaban J connectivity index is 1.62. The number of ether oxygens (including phenoxy) is 1. The first kappa shape index (κ1) is 18.5. The molecule has 6 nitrogen and oxygen atoms in total. The minimum absolute atomic E-state index is 0.427. The van der Waals surface area contributed by atoms with Gasteiger partial charge in [0.15, 0.2) is 20.5 Å². The van der Waals surface area contributed by atoms with Crippen LogP contribution in [0.25, 0.3) is 16.0 Å². The van der Waals surface area contributed by atoms with Crippen molar-refractivity contribution in [1.82, 2.24) is 14.5 Å². The highest BCUT2D eigenvalue weighted by Gasteiger charge is 2.14. The van der Waals surface area contributed by atoms with Gasteiger partial charge < -0.3 is 15.4 Å². The topological polar surface area (TPSA) is 64.0 Å². The second-order valence-electron chi connectivity index (χ2n) is 5.72. The first-order valence-electron chi connectivity index (χ1n) is 8.30. The number of hydrogen-bond donors (Lipinski definition) is 2. The molecule has 0 saturated carbocycles. The van der Waals surface area contributed by atoms with Crippen molar-refractivity contribution in [3.8, 4) is 11.4 Å². The van der Waals surface area contributed by atoms with Crippen LogP contribution in [0.5, 0.6) is 5.75 Å². The number of nitrogens with one attached hydrogen (secondary N) is 2. The lowest BCUT2D eigenvalue weighted by molar-refractivity contribution is 0.415. The van der Waals surface area contributed by atoms with Crippen LogP contribution in [0.4, 0.5) is 11.5 Å². The zero-order valence-corrected chi connectivity index (χ0v) is 17.2. The van der Waals surface area contributed by atoms with Crippen LogP contribution in [0, 0.1) is 3.95 Å². The number of nitrogens with zero attached hydrogens (tertiary/aromatic N) is 3. The Labute approximate surface area is 175 Å². The van der Waals surface area contributed by atoms with Crippen molar-refractivity contribution in [3.63, 3.8) is 0 Å². The van der Waals surface area contributed by atoms with Crippen molar-refractivity contribution in [2.45, 2.75) is 0 Å². The van der Waals surface area contributed by atoms with Gasteiger partial charge in [-0.1, -0.05) is 29.5 Å². The summed E-state index contributed by atoms with van der Waals surface area (Å²) in [7, 11) is 1.63. The molecule has 0 bridgehead atoms. The molecular weight excluding hydrogens is 410 g/mol. The molecule has 0 spiro atoms. The fourth-order valence-electron chi connectivity index (χ4n) is 2.68. The van der Waals surface area contributed by atoms with E-state index in [1.54, 1.807) is 7.11 Å². The molecule has 2 N–H and O–H groups in total. The molecule has 4 aromatic rings. The van der Waals surface area contributed by atoms with E-state index in [1.165, 1.54) is 17.7 Å². The molecule has 2 aromatic carbocycles. The minimum atomic E-state index is 0.427. The summed E-state index contributed by atoms with van der Waals surface area (Å²) in [5.41, 5.74) is 2.55. The summed E-state index contributed by atoms with van der Waals surface area (Å²) < 4.78 is 8.63. The summed E-state index contributed by atoms with van der Waals surface area (Å²) in [5.74, 6) is 1.39. The number of methoxy groups -OCH3 is 1. The summed E-state index contributed by atoms with van der Waals surface area (Å²) in [6.07, 6.45) is 1.50. The summed E-state index contributed by atoms with van der Waals surface area (Å²) >= 11 is 12.4. The molecule has 0 fully saturated rings. The predicted octanol–water partition coefficient (Wildman–Crippen LogP) is 5.03. The van der Waals surface area contributed by atoms with Crippen molar-refractivity contribution < 1.29 is 4.74 Å².